The first-order valence-electron chi connectivity index (χ1n) is 7.00. The first-order chi connectivity index (χ1) is 10.9. The molecule has 9 heteroatoms. The quantitative estimate of drug-likeness (QED) is 0.632. The van der Waals surface area contributed by atoms with Crippen LogP contribution >= 0.6 is 11.3 Å². The third-order valence-electron chi connectivity index (χ3n) is 3.69. The van der Waals surface area contributed by atoms with E-state index in [2.05, 4.69) is 10.3 Å². The first kappa shape index (κ1) is 15.9. The Morgan fingerprint density at radius 1 is 1.43 bits per heavy atom. The fourth-order valence-corrected chi connectivity index (χ4v) is 4.07. The van der Waals surface area contributed by atoms with Crippen molar-refractivity contribution in [3.63, 3.8) is 0 Å². The lowest BCUT2D eigenvalue weighted by Gasteiger charge is -2.17. The van der Waals surface area contributed by atoms with Gasteiger partial charge in [-0.3, -0.25) is 10.1 Å². The summed E-state index contributed by atoms with van der Waals surface area (Å²) in [4.78, 5) is 14.4. The van der Waals surface area contributed by atoms with Gasteiger partial charge in [0.15, 0.2) is 9.84 Å². The van der Waals surface area contributed by atoms with Gasteiger partial charge >= 0.3 is 0 Å². The summed E-state index contributed by atoms with van der Waals surface area (Å²) in [6.45, 7) is 0. The second-order valence-corrected chi connectivity index (χ2v) is 8.45. The van der Waals surface area contributed by atoms with E-state index in [1.807, 2.05) is 5.38 Å². The maximum atomic E-state index is 11.8. The van der Waals surface area contributed by atoms with Crippen molar-refractivity contribution in [2.45, 2.75) is 23.8 Å². The van der Waals surface area contributed by atoms with E-state index in [0.717, 1.165) is 24.1 Å². The molecular weight excluding hydrogens is 338 g/mol. The van der Waals surface area contributed by atoms with Crippen molar-refractivity contribution in [1.82, 2.24) is 4.98 Å². The molecule has 0 aliphatic heterocycles. The zero-order valence-electron chi connectivity index (χ0n) is 12.3. The smallest absolute Gasteiger partial charge is 0.288 e. The largest absolute Gasteiger partial charge is 0.375 e. The maximum Gasteiger partial charge on any atom is 0.288 e. The molecule has 1 fully saturated rings. The highest BCUT2D eigenvalue weighted by Gasteiger charge is 2.34. The molecule has 1 aromatic carbocycles. The van der Waals surface area contributed by atoms with Gasteiger partial charge in [-0.15, -0.1) is 11.3 Å². The number of nitrogens with zero attached hydrogens (tertiary/aromatic N) is 2. The average Bonchev–Trinajstić information content (AvgIpc) is 3.17. The third-order valence-corrected chi connectivity index (χ3v) is 5.67. The van der Waals surface area contributed by atoms with Crippen LogP contribution in [0.1, 0.15) is 23.9 Å². The molecule has 0 spiro atoms. The number of rotatable bonds is 6. The predicted octanol–water partition coefficient (Wildman–Crippen LogP) is 3.02. The molecular formula is C14H15N3O4S2. The van der Waals surface area contributed by atoms with Gasteiger partial charge in [-0.2, -0.15) is 0 Å². The zero-order valence-corrected chi connectivity index (χ0v) is 13.9. The van der Waals surface area contributed by atoms with Gasteiger partial charge in [0.05, 0.1) is 11.0 Å². The minimum atomic E-state index is -3.69. The highest BCUT2D eigenvalue weighted by Crippen LogP contribution is 2.43. The van der Waals surface area contributed by atoms with Crippen LogP contribution < -0.4 is 5.32 Å². The van der Waals surface area contributed by atoms with Crippen molar-refractivity contribution in [2.24, 2.45) is 5.92 Å². The van der Waals surface area contributed by atoms with Crippen LogP contribution in [0.25, 0.3) is 0 Å². The molecule has 7 nitrogen and oxygen atoms in total. The van der Waals surface area contributed by atoms with Crippen molar-refractivity contribution in [1.29, 1.82) is 0 Å². The Kier molecular flexibility index (Phi) is 4.07. The van der Waals surface area contributed by atoms with Crippen molar-refractivity contribution >= 4 is 32.5 Å². The fraction of sp³-hybridized carbons (Fsp3) is 0.357. The number of benzene rings is 1. The van der Waals surface area contributed by atoms with E-state index in [1.165, 1.54) is 29.5 Å². The number of nitro benzene ring substituents is 1. The van der Waals surface area contributed by atoms with Gasteiger partial charge in [-0.25, -0.2) is 13.4 Å². The number of nitro groups is 1. The van der Waals surface area contributed by atoms with E-state index < -0.39 is 20.4 Å². The molecule has 1 aromatic heterocycles. The Morgan fingerprint density at radius 3 is 2.70 bits per heavy atom. The van der Waals surface area contributed by atoms with Gasteiger partial charge in [-0.1, -0.05) is 0 Å². The average molecular weight is 353 g/mol. The molecule has 1 aliphatic rings. The molecule has 0 amide bonds. The number of anilines is 1. The molecule has 1 N–H and O–H groups in total. The minimum Gasteiger partial charge on any atom is -0.375 e. The fourth-order valence-electron chi connectivity index (χ4n) is 2.43. The molecule has 1 heterocycles. The van der Waals surface area contributed by atoms with E-state index in [1.54, 1.807) is 6.20 Å². The van der Waals surface area contributed by atoms with E-state index in [0.29, 0.717) is 11.6 Å². The van der Waals surface area contributed by atoms with E-state index in [4.69, 9.17) is 0 Å². The van der Waals surface area contributed by atoms with Gasteiger partial charge in [0.1, 0.15) is 9.90 Å². The SMILES string of the molecule is CS(=O)(=O)c1cc(NC(c2nccs2)C2CC2)ccc1[N+](=O)[O-]. The Bertz CT molecular complexity index is 830. The number of nitrogens with one attached hydrogen (secondary N) is 1. The van der Waals surface area contributed by atoms with E-state index in [9.17, 15) is 18.5 Å². The van der Waals surface area contributed by atoms with Crippen molar-refractivity contribution < 1.29 is 13.3 Å². The lowest BCUT2D eigenvalue weighted by Crippen LogP contribution is -2.13. The normalized spacial score (nSPS) is 16.0. The minimum absolute atomic E-state index is 0.00358. The molecule has 0 bridgehead atoms. The summed E-state index contributed by atoms with van der Waals surface area (Å²) in [5, 5.41) is 17.1. The van der Waals surface area contributed by atoms with Crippen molar-refractivity contribution in [3.05, 3.63) is 44.9 Å². The number of aromatic nitrogens is 1. The van der Waals surface area contributed by atoms with Crippen LogP contribution in [0, 0.1) is 16.0 Å². The van der Waals surface area contributed by atoms with Gasteiger partial charge in [0, 0.05) is 29.6 Å². The van der Waals surface area contributed by atoms with E-state index in [-0.39, 0.29) is 10.9 Å². The Labute approximate surface area is 137 Å². The predicted molar refractivity (Wildman–Crippen MR) is 87.4 cm³/mol. The lowest BCUT2D eigenvalue weighted by atomic mass is 10.1. The molecule has 3 rings (SSSR count). The summed E-state index contributed by atoms with van der Waals surface area (Å²) in [6, 6.07) is 4.10. The summed E-state index contributed by atoms with van der Waals surface area (Å²) in [7, 11) is -3.69. The van der Waals surface area contributed by atoms with Gasteiger partial charge in [-0.05, 0) is 30.9 Å². The molecule has 0 saturated heterocycles. The van der Waals surface area contributed by atoms with Crippen LogP contribution in [0.2, 0.25) is 0 Å². The molecule has 1 atom stereocenters. The Balaban J connectivity index is 1.95. The highest BCUT2D eigenvalue weighted by molar-refractivity contribution is 7.90. The van der Waals surface area contributed by atoms with Crippen LogP contribution in [0.5, 0.6) is 0 Å². The molecule has 2 aromatic rings. The Hall–Kier alpha value is -2.00. The summed E-state index contributed by atoms with van der Waals surface area (Å²) < 4.78 is 23.7. The standard InChI is InChI=1S/C14H15N3O4S2/c1-23(20,21)12-8-10(4-5-11(12)17(18)19)16-13(9-2-3-9)14-15-6-7-22-14/h4-9,13,16H,2-3H2,1H3. The van der Waals surface area contributed by atoms with Crippen LogP contribution in [-0.2, 0) is 9.84 Å². The number of hydrogen-bond donors (Lipinski definition) is 1. The highest BCUT2D eigenvalue weighted by atomic mass is 32.2. The van der Waals surface area contributed by atoms with E-state index >= 15 is 0 Å². The molecule has 0 radical (unpaired) electrons. The zero-order chi connectivity index (χ0) is 16.6. The second kappa shape index (κ2) is 5.89. The summed E-state index contributed by atoms with van der Waals surface area (Å²) >= 11 is 1.54. The molecule has 1 unspecified atom stereocenters. The molecule has 122 valence electrons. The molecule has 1 saturated carbocycles. The van der Waals surface area contributed by atoms with Gasteiger partial charge in [0.25, 0.3) is 5.69 Å². The van der Waals surface area contributed by atoms with Crippen LogP contribution in [0.3, 0.4) is 0 Å². The van der Waals surface area contributed by atoms with Crippen LogP contribution in [0.15, 0.2) is 34.7 Å². The van der Waals surface area contributed by atoms with Crippen molar-refractivity contribution in [2.75, 3.05) is 11.6 Å². The van der Waals surface area contributed by atoms with Crippen molar-refractivity contribution in [3.8, 4) is 0 Å². The molecule has 23 heavy (non-hydrogen) atoms. The number of thiazole rings is 1. The van der Waals surface area contributed by atoms with Crippen LogP contribution in [-0.4, -0.2) is 24.6 Å². The first-order valence-corrected chi connectivity index (χ1v) is 9.78. The number of sulfone groups is 1. The molecule has 1 aliphatic carbocycles. The summed E-state index contributed by atoms with van der Waals surface area (Å²) in [6.07, 6.45) is 4.87. The second-order valence-electron chi connectivity index (χ2n) is 5.54. The van der Waals surface area contributed by atoms with Crippen LogP contribution in [0.4, 0.5) is 11.4 Å². The van der Waals surface area contributed by atoms with Gasteiger partial charge in [0.2, 0.25) is 0 Å². The monoisotopic (exact) mass is 353 g/mol. The summed E-state index contributed by atoms with van der Waals surface area (Å²) in [5.74, 6) is 0.457. The Morgan fingerprint density at radius 2 is 2.17 bits per heavy atom. The number of hydrogen-bond acceptors (Lipinski definition) is 7. The summed E-state index contributed by atoms with van der Waals surface area (Å²) in [5.41, 5.74) is 0.137. The third kappa shape index (κ3) is 3.50. The maximum absolute atomic E-state index is 11.8. The topological polar surface area (TPSA) is 102 Å². The lowest BCUT2D eigenvalue weighted by molar-refractivity contribution is -0.387. The van der Waals surface area contributed by atoms with Gasteiger partial charge < -0.3 is 5.32 Å².